The van der Waals surface area contributed by atoms with E-state index >= 15 is 0 Å². The van der Waals surface area contributed by atoms with Crippen LogP contribution in [0.5, 0.6) is 11.6 Å². The predicted molar refractivity (Wildman–Crippen MR) is 83.7 cm³/mol. The van der Waals surface area contributed by atoms with E-state index < -0.39 is 0 Å². The molecule has 4 nitrogen and oxygen atoms in total. The van der Waals surface area contributed by atoms with Crippen LogP contribution >= 0.6 is 0 Å². The predicted octanol–water partition coefficient (Wildman–Crippen LogP) is 3.04. The molecule has 112 valence electrons. The van der Waals surface area contributed by atoms with Crippen molar-refractivity contribution in [2.75, 3.05) is 19.8 Å². The van der Waals surface area contributed by atoms with Crippen molar-refractivity contribution < 1.29 is 9.47 Å². The van der Waals surface area contributed by atoms with Gasteiger partial charge >= 0.3 is 0 Å². The molecule has 1 aromatic heterocycles. The van der Waals surface area contributed by atoms with Gasteiger partial charge in [-0.25, -0.2) is 4.98 Å². The van der Waals surface area contributed by atoms with Gasteiger partial charge in [0.15, 0.2) is 0 Å². The summed E-state index contributed by atoms with van der Waals surface area (Å²) in [6, 6.07) is 13.7. The van der Waals surface area contributed by atoms with Gasteiger partial charge in [-0.1, -0.05) is 31.2 Å². The van der Waals surface area contributed by atoms with E-state index in [2.05, 4.69) is 17.2 Å². The van der Waals surface area contributed by atoms with Gasteiger partial charge < -0.3 is 14.8 Å². The Morgan fingerprint density at radius 3 is 2.62 bits per heavy atom. The van der Waals surface area contributed by atoms with Crippen molar-refractivity contribution in [2.45, 2.75) is 19.9 Å². The third kappa shape index (κ3) is 5.44. The minimum Gasteiger partial charge on any atom is -0.490 e. The highest BCUT2D eigenvalue weighted by Gasteiger charge is 2.04. The van der Waals surface area contributed by atoms with Crippen molar-refractivity contribution >= 4 is 0 Å². The number of nitrogens with one attached hydrogen (secondary N) is 1. The molecule has 21 heavy (non-hydrogen) atoms. The Morgan fingerprint density at radius 2 is 1.81 bits per heavy atom. The smallest absolute Gasteiger partial charge is 0.217 e. The third-order valence-corrected chi connectivity index (χ3v) is 2.93. The van der Waals surface area contributed by atoms with E-state index in [-0.39, 0.29) is 0 Å². The maximum atomic E-state index is 5.71. The van der Waals surface area contributed by atoms with Gasteiger partial charge in [0.2, 0.25) is 5.88 Å². The minimum absolute atomic E-state index is 0.479. The lowest BCUT2D eigenvalue weighted by molar-refractivity contribution is 0.210. The summed E-state index contributed by atoms with van der Waals surface area (Å²) < 4.78 is 11.3. The van der Waals surface area contributed by atoms with Gasteiger partial charge in [0.1, 0.15) is 19.0 Å². The second-order valence-electron chi connectivity index (χ2n) is 4.65. The molecule has 1 aromatic carbocycles. The maximum absolute atomic E-state index is 5.71. The van der Waals surface area contributed by atoms with Crippen molar-refractivity contribution in [1.82, 2.24) is 10.3 Å². The van der Waals surface area contributed by atoms with E-state index in [4.69, 9.17) is 9.47 Å². The van der Waals surface area contributed by atoms with Crippen LogP contribution in [0.15, 0.2) is 48.7 Å². The van der Waals surface area contributed by atoms with E-state index in [1.165, 1.54) is 0 Å². The summed E-state index contributed by atoms with van der Waals surface area (Å²) in [6.07, 6.45) is 2.86. The Bertz CT molecular complexity index is 517. The van der Waals surface area contributed by atoms with Crippen LogP contribution in [0.1, 0.15) is 18.9 Å². The summed E-state index contributed by atoms with van der Waals surface area (Å²) in [5.41, 5.74) is 1.07. The second-order valence-corrected chi connectivity index (χ2v) is 4.65. The summed E-state index contributed by atoms with van der Waals surface area (Å²) in [7, 11) is 0. The highest BCUT2D eigenvalue weighted by Crippen LogP contribution is 2.14. The van der Waals surface area contributed by atoms with Gasteiger partial charge in [0.05, 0.1) is 0 Å². The molecule has 4 heteroatoms. The molecule has 0 aliphatic rings. The SMILES string of the molecule is CCCNCc1cccnc1OCCOc1ccccc1. The number of hydrogen-bond donors (Lipinski definition) is 1. The molecule has 2 rings (SSSR count). The molecule has 0 saturated carbocycles. The number of para-hydroxylation sites is 1. The monoisotopic (exact) mass is 286 g/mol. The first-order chi connectivity index (χ1) is 10.4. The first kappa shape index (κ1) is 15.3. The number of aromatic nitrogens is 1. The third-order valence-electron chi connectivity index (χ3n) is 2.93. The number of ether oxygens (including phenoxy) is 2. The largest absolute Gasteiger partial charge is 0.490 e. The molecule has 1 N–H and O–H groups in total. The topological polar surface area (TPSA) is 43.4 Å². The van der Waals surface area contributed by atoms with Gasteiger partial charge in [0, 0.05) is 18.3 Å². The Labute approximate surface area is 126 Å². The molecule has 0 bridgehead atoms. The van der Waals surface area contributed by atoms with Crippen molar-refractivity contribution in [1.29, 1.82) is 0 Å². The summed E-state index contributed by atoms with van der Waals surface area (Å²) >= 11 is 0. The molecular formula is C17H22N2O2. The Hall–Kier alpha value is -2.07. The van der Waals surface area contributed by atoms with Gasteiger partial charge in [-0.05, 0) is 31.2 Å². The molecule has 2 aromatic rings. The molecule has 0 aliphatic heterocycles. The van der Waals surface area contributed by atoms with Crippen molar-refractivity contribution in [3.63, 3.8) is 0 Å². The second kappa shape index (κ2) is 8.97. The normalized spacial score (nSPS) is 10.3. The van der Waals surface area contributed by atoms with Crippen LogP contribution in [-0.4, -0.2) is 24.7 Å². The molecule has 0 radical (unpaired) electrons. The lowest BCUT2D eigenvalue weighted by Gasteiger charge is -2.11. The van der Waals surface area contributed by atoms with Crippen molar-refractivity contribution in [3.8, 4) is 11.6 Å². The van der Waals surface area contributed by atoms with Crippen LogP contribution in [0.25, 0.3) is 0 Å². The van der Waals surface area contributed by atoms with E-state index in [9.17, 15) is 0 Å². The van der Waals surface area contributed by atoms with E-state index in [0.717, 1.165) is 30.8 Å². The fourth-order valence-corrected chi connectivity index (χ4v) is 1.90. The number of nitrogens with zero attached hydrogens (tertiary/aromatic N) is 1. The quantitative estimate of drug-likeness (QED) is 0.720. The molecule has 0 unspecified atom stereocenters. The standard InChI is InChI=1S/C17H22N2O2/c1-2-10-18-14-15-7-6-11-19-17(15)21-13-12-20-16-8-4-3-5-9-16/h3-9,11,18H,2,10,12-14H2,1H3. The molecule has 0 fully saturated rings. The fourth-order valence-electron chi connectivity index (χ4n) is 1.90. The lowest BCUT2D eigenvalue weighted by atomic mass is 10.2. The molecule has 0 spiro atoms. The molecular weight excluding hydrogens is 264 g/mol. The van der Waals surface area contributed by atoms with Gasteiger partial charge in [-0.2, -0.15) is 0 Å². The number of pyridine rings is 1. The van der Waals surface area contributed by atoms with E-state index in [0.29, 0.717) is 19.1 Å². The van der Waals surface area contributed by atoms with Crippen LogP contribution in [0, 0.1) is 0 Å². The first-order valence-electron chi connectivity index (χ1n) is 7.35. The van der Waals surface area contributed by atoms with Crippen LogP contribution in [0.3, 0.4) is 0 Å². The minimum atomic E-state index is 0.479. The fraction of sp³-hybridized carbons (Fsp3) is 0.353. The Morgan fingerprint density at radius 1 is 1.00 bits per heavy atom. The molecule has 0 saturated heterocycles. The Balaban J connectivity index is 1.77. The molecule has 0 amide bonds. The summed E-state index contributed by atoms with van der Waals surface area (Å²) in [6.45, 7) is 4.89. The zero-order chi connectivity index (χ0) is 14.8. The maximum Gasteiger partial charge on any atom is 0.217 e. The summed E-state index contributed by atoms with van der Waals surface area (Å²) in [4.78, 5) is 4.28. The molecule has 0 atom stereocenters. The van der Waals surface area contributed by atoms with Crippen LogP contribution in [0.2, 0.25) is 0 Å². The Kier molecular flexibility index (Phi) is 6.55. The van der Waals surface area contributed by atoms with Gasteiger partial charge in [0.25, 0.3) is 0 Å². The average Bonchev–Trinajstić information content (AvgIpc) is 2.54. The van der Waals surface area contributed by atoms with Crippen molar-refractivity contribution in [3.05, 3.63) is 54.2 Å². The van der Waals surface area contributed by atoms with Gasteiger partial charge in [-0.3, -0.25) is 0 Å². The summed E-state index contributed by atoms with van der Waals surface area (Å²) in [5, 5.41) is 3.36. The molecule has 0 aliphatic carbocycles. The van der Waals surface area contributed by atoms with Gasteiger partial charge in [-0.15, -0.1) is 0 Å². The van der Waals surface area contributed by atoms with Crippen LogP contribution in [0.4, 0.5) is 0 Å². The zero-order valence-electron chi connectivity index (χ0n) is 12.4. The average molecular weight is 286 g/mol. The highest BCUT2D eigenvalue weighted by atomic mass is 16.5. The van der Waals surface area contributed by atoms with Crippen molar-refractivity contribution in [2.24, 2.45) is 0 Å². The number of hydrogen-bond acceptors (Lipinski definition) is 4. The van der Waals surface area contributed by atoms with E-state index in [1.807, 2.05) is 42.5 Å². The number of rotatable bonds is 9. The van der Waals surface area contributed by atoms with Crippen LogP contribution in [-0.2, 0) is 6.54 Å². The molecule has 1 heterocycles. The highest BCUT2D eigenvalue weighted by molar-refractivity contribution is 5.25. The lowest BCUT2D eigenvalue weighted by Crippen LogP contribution is -2.16. The van der Waals surface area contributed by atoms with Crippen LogP contribution < -0.4 is 14.8 Å². The van der Waals surface area contributed by atoms with E-state index in [1.54, 1.807) is 6.20 Å². The first-order valence-corrected chi connectivity index (χ1v) is 7.35. The summed E-state index contributed by atoms with van der Waals surface area (Å²) in [5.74, 6) is 1.53. The number of benzene rings is 1. The zero-order valence-corrected chi connectivity index (χ0v) is 12.4.